The van der Waals surface area contributed by atoms with E-state index in [0.717, 1.165) is 61.3 Å². The molecule has 3 aromatic rings. The molecule has 1 fully saturated rings. The van der Waals surface area contributed by atoms with Crippen LogP contribution in [0.2, 0.25) is 0 Å². The first-order chi connectivity index (χ1) is 14.5. The summed E-state index contributed by atoms with van der Waals surface area (Å²) in [4.78, 5) is 0. The van der Waals surface area contributed by atoms with E-state index in [1.807, 2.05) is 42.5 Å². The number of rotatable bonds is 4. The Morgan fingerprint density at radius 3 is 2.47 bits per heavy atom. The lowest BCUT2D eigenvalue weighted by molar-refractivity contribution is 0.0173. The van der Waals surface area contributed by atoms with Crippen LogP contribution in [0, 0.1) is 11.3 Å². The highest BCUT2D eigenvalue weighted by Gasteiger charge is 2.25. The van der Waals surface area contributed by atoms with E-state index in [-0.39, 0.29) is 5.56 Å². The Labute approximate surface area is 176 Å². The van der Waals surface area contributed by atoms with Crippen molar-refractivity contribution in [3.05, 3.63) is 77.4 Å². The molecule has 1 aliphatic heterocycles. The smallest absolute Gasteiger partial charge is 0.270 e. The van der Waals surface area contributed by atoms with Gasteiger partial charge in [-0.2, -0.15) is 5.26 Å². The van der Waals surface area contributed by atoms with Crippen LogP contribution >= 0.6 is 0 Å². The van der Waals surface area contributed by atoms with E-state index in [1.54, 1.807) is 12.1 Å². The fraction of sp³-hybridized carbons (Fsp3) is 0.320. The van der Waals surface area contributed by atoms with Crippen LogP contribution in [0.3, 0.4) is 0 Å². The predicted octanol–water partition coefficient (Wildman–Crippen LogP) is 6.23. The third-order valence-electron chi connectivity index (χ3n) is 5.73. The number of nitriles is 1. The maximum Gasteiger partial charge on any atom is 0.270 e. The molecule has 5 heteroatoms. The minimum Gasteiger partial charge on any atom is -0.305 e. The van der Waals surface area contributed by atoms with Gasteiger partial charge in [-0.25, -0.2) is 13.8 Å². The van der Waals surface area contributed by atoms with Gasteiger partial charge in [0.1, 0.15) is 0 Å². The lowest BCUT2D eigenvalue weighted by Crippen LogP contribution is -2.42. The van der Waals surface area contributed by atoms with Gasteiger partial charge in [-0.3, -0.25) is 0 Å². The van der Waals surface area contributed by atoms with Crippen molar-refractivity contribution in [2.45, 2.75) is 38.7 Å². The van der Waals surface area contributed by atoms with E-state index in [2.05, 4.69) is 16.1 Å². The molecule has 30 heavy (non-hydrogen) atoms. The van der Waals surface area contributed by atoms with Crippen LogP contribution in [0.1, 0.15) is 42.9 Å². The molecular weight excluding hydrogens is 380 g/mol. The van der Waals surface area contributed by atoms with E-state index in [4.69, 9.17) is 0 Å². The quantitative estimate of drug-likeness (QED) is 0.515. The second-order valence-electron chi connectivity index (χ2n) is 7.95. The molecule has 0 amide bonds. The van der Waals surface area contributed by atoms with Crippen molar-refractivity contribution in [3.8, 4) is 6.07 Å². The lowest BCUT2D eigenvalue weighted by Gasteiger charge is -2.36. The van der Waals surface area contributed by atoms with Crippen molar-refractivity contribution < 1.29 is 8.78 Å². The van der Waals surface area contributed by atoms with E-state index >= 15 is 0 Å². The Morgan fingerprint density at radius 1 is 0.933 bits per heavy atom. The molecule has 0 atom stereocenters. The number of halogens is 2. The van der Waals surface area contributed by atoms with Gasteiger partial charge in [-0.15, -0.1) is 0 Å². The minimum atomic E-state index is -2.85. The average molecular weight is 405 g/mol. The summed E-state index contributed by atoms with van der Waals surface area (Å²) in [5.41, 5.74) is 2.64. The van der Waals surface area contributed by atoms with Crippen molar-refractivity contribution >= 4 is 16.5 Å². The van der Waals surface area contributed by atoms with E-state index in [9.17, 15) is 14.0 Å². The zero-order chi connectivity index (χ0) is 21.1. The summed E-state index contributed by atoms with van der Waals surface area (Å²) in [6, 6.07) is 20.8. The Morgan fingerprint density at radius 2 is 1.70 bits per heavy atom. The lowest BCUT2D eigenvalue weighted by atomic mass is 10.0. The second-order valence-corrected chi connectivity index (χ2v) is 7.95. The molecule has 1 heterocycles. The first kappa shape index (κ1) is 20.3. The Hall–Kier alpha value is -2.97. The molecule has 0 spiro atoms. The molecule has 0 aliphatic carbocycles. The van der Waals surface area contributed by atoms with Gasteiger partial charge in [0, 0.05) is 42.9 Å². The van der Waals surface area contributed by atoms with Gasteiger partial charge in [0.25, 0.3) is 5.92 Å². The SMILES string of the molecule is CC(F)(F)c1cccc(CN2CCCCCN2c2ccc(C#N)c3ccccc23)c1. The summed E-state index contributed by atoms with van der Waals surface area (Å²) in [5, 5.41) is 16.0. The van der Waals surface area contributed by atoms with Crippen LogP contribution in [0.5, 0.6) is 0 Å². The standard InChI is InChI=1S/C25H25F2N3/c1-25(26,27)21-9-7-8-19(16-21)18-29-14-5-2-6-15-30(29)24-13-12-20(17-28)22-10-3-4-11-23(22)24/h3-4,7-13,16H,2,5-6,14-15,18H2,1H3. The summed E-state index contributed by atoms with van der Waals surface area (Å²) >= 11 is 0. The van der Waals surface area contributed by atoms with E-state index in [1.165, 1.54) is 6.07 Å². The van der Waals surface area contributed by atoms with Gasteiger partial charge < -0.3 is 5.01 Å². The Kier molecular flexibility index (Phi) is 5.69. The summed E-state index contributed by atoms with van der Waals surface area (Å²) in [5.74, 6) is -2.85. The van der Waals surface area contributed by atoms with Crippen molar-refractivity contribution in [1.82, 2.24) is 5.01 Å². The molecular formula is C25H25F2N3. The van der Waals surface area contributed by atoms with Crippen LogP contribution in [0.4, 0.5) is 14.5 Å². The first-order valence-corrected chi connectivity index (χ1v) is 10.4. The number of hydrazine groups is 1. The molecule has 4 rings (SSSR count). The zero-order valence-corrected chi connectivity index (χ0v) is 17.1. The Bertz CT molecular complexity index is 1080. The van der Waals surface area contributed by atoms with Crippen molar-refractivity contribution in [2.75, 3.05) is 18.1 Å². The van der Waals surface area contributed by atoms with Gasteiger partial charge in [-0.1, -0.05) is 48.9 Å². The molecule has 3 aromatic carbocycles. The van der Waals surface area contributed by atoms with Gasteiger partial charge >= 0.3 is 0 Å². The minimum absolute atomic E-state index is 0.0465. The van der Waals surface area contributed by atoms with E-state index in [0.29, 0.717) is 12.1 Å². The number of benzene rings is 3. The third kappa shape index (κ3) is 4.15. The third-order valence-corrected chi connectivity index (χ3v) is 5.73. The molecule has 0 saturated carbocycles. The number of hydrogen-bond acceptors (Lipinski definition) is 3. The van der Waals surface area contributed by atoms with Crippen LogP contribution in [0.15, 0.2) is 60.7 Å². The highest BCUT2D eigenvalue weighted by molar-refractivity contribution is 5.97. The topological polar surface area (TPSA) is 30.3 Å². The Balaban J connectivity index is 1.72. The van der Waals surface area contributed by atoms with Crippen molar-refractivity contribution in [3.63, 3.8) is 0 Å². The summed E-state index contributed by atoms with van der Waals surface area (Å²) in [6.45, 7) is 3.23. The monoisotopic (exact) mass is 405 g/mol. The van der Waals surface area contributed by atoms with Gasteiger partial charge in [0.2, 0.25) is 0 Å². The normalized spacial score (nSPS) is 15.7. The summed E-state index contributed by atoms with van der Waals surface area (Å²) in [7, 11) is 0. The number of fused-ring (bicyclic) bond motifs is 1. The molecule has 154 valence electrons. The molecule has 1 saturated heterocycles. The molecule has 0 aromatic heterocycles. The summed E-state index contributed by atoms with van der Waals surface area (Å²) < 4.78 is 27.6. The average Bonchev–Trinajstić information content (AvgIpc) is 2.98. The number of hydrogen-bond donors (Lipinski definition) is 0. The van der Waals surface area contributed by atoms with Crippen LogP contribution in [-0.2, 0) is 12.5 Å². The maximum atomic E-state index is 13.8. The zero-order valence-electron chi connectivity index (χ0n) is 17.1. The van der Waals surface area contributed by atoms with Gasteiger partial charge in [0.15, 0.2) is 0 Å². The van der Waals surface area contributed by atoms with Crippen molar-refractivity contribution in [1.29, 1.82) is 5.26 Å². The molecule has 0 radical (unpaired) electrons. The number of anilines is 1. The number of alkyl halides is 2. The number of nitrogens with zero attached hydrogens (tertiary/aromatic N) is 3. The van der Waals surface area contributed by atoms with Crippen LogP contribution in [-0.4, -0.2) is 18.1 Å². The van der Waals surface area contributed by atoms with Gasteiger partial charge in [-0.05, 0) is 36.6 Å². The molecule has 0 bridgehead atoms. The van der Waals surface area contributed by atoms with Gasteiger partial charge in [0.05, 0.1) is 17.3 Å². The highest BCUT2D eigenvalue weighted by Crippen LogP contribution is 2.33. The summed E-state index contributed by atoms with van der Waals surface area (Å²) in [6.07, 6.45) is 3.26. The van der Waals surface area contributed by atoms with Crippen LogP contribution < -0.4 is 5.01 Å². The maximum absolute atomic E-state index is 13.8. The fourth-order valence-corrected chi connectivity index (χ4v) is 4.19. The fourth-order valence-electron chi connectivity index (χ4n) is 4.19. The molecule has 3 nitrogen and oxygen atoms in total. The molecule has 1 aliphatic rings. The van der Waals surface area contributed by atoms with Crippen molar-refractivity contribution in [2.24, 2.45) is 0 Å². The largest absolute Gasteiger partial charge is 0.305 e. The molecule has 0 N–H and O–H groups in total. The molecule has 0 unspecified atom stereocenters. The van der Waals surface area contributed by atoms with E-state index < -0.39 is 5.92 Å². The van der Waals surface area contributed by atoms with Crippen LogP contribution in [0.25, 0.3) is 10.8 Å². The predicted molar refractivity (Wildman–Crippen MR) is 116 cm³/mol. The highest BCUT2D eigenvalue weighted by atomic mass is 19.3. The second kappa shape index (κ2) is 8.41. The first-order valence-electron chi connectivity index (χ1n) is 10.4.